The van der Waals surface area contributed by atoms with Crippen LogP contribution in [0.3, 0.4) is 0 Å². The van der Waals surface area contributed by atoms with E-state index in [9.17, 15) is 0 Å². The van der Waals surface area contributed by atoms with Crippen molar-refractivity contribution in [2.75, 3.05) is 6.54 Å². The second-order valence-corrected chi connectivity index (χ2v) is 7.85. The minimum absolute atomic E-state index is 0. The van der Waals surface area contributed by atoms with Crippen LogP contribution >= 0.6 is 35.3 Å². The topological polar surface area (TPSA) is 71.4 Å². The third-order valence-electron chi connectivity index (χ3n) is 4.21. The van der Waals surface area contributed by atoms with Crippen molar-refractivity contribution in [2.24, 2.45) is 4.99 Å². The molecule has 0 unspecified atom stereocenters. The van der Waals surface area contributed by atoms with Gasteiger partial charge < -0.3 is 15.4 Å². The molecule has 160 valence electrons. The van der Waals surface area contributed by atoms with Gasteiger partial charge in [0.1, 0.15) is 6.61 Å². The van der Waals surface area contributed by atoms with Crippen molar-refractivity contribution < 1.29 is 4.74 Å². The Bertz CT molecular complexity index is 946. The van der Waals surface area contributed by atoms with Crippen molar-refractivity contribution in [3.63, 3.8) is 0 Å². The lowest BCUT2D eigenvalue weighted by atomic mass is 10.2. The predicted octanol–water partition coefficient (Wildman–Crippen LogP) is 4.61. The van der Waals surface area contributed by atoms with Crippen LogP contribution in [0, 0.1) is 13.8 Å². The number of benzene rings is 1. The van der Waals surface area contributed by atoms with Gasteiger partial charge in [-0.3, -0.25) is 0 Å². The zero-order valence-corrected chi connectivity index (χ0v) is 20.7. The van der Waals surface area contributed by atoms with Gasteiger partial charge in [0.05, 0.1) is 23.8 Å². The molecule has 30 heavy (non-hydrogen) atoms. The summed E-state index contributed by atoms with van der Waals surface area (Å²) < 4.78 is 5.81. The summed E-state index contributed by atoms with van der Waals surface area (Å²) in [7, 11) is 0. The molecule has 0 bridgehead atoms. The van der Waals surface area contributed by atoms with Gasteiger partial charge in [-0.1, -0.05) is 30.3 Å². The second-order valence-electron chi connectivity index (χ2n) is 6.57. The van der Waals surface area contributed by atoms with Crippen LogP contribution in [0.15, 0.2) is 53.7 Å². The van der Waals surface area contributed by atoms with Crippen LogP contribution in [0.5, 0.6) is 5.88 Å². The van der Waals surface area contributed by atoms with E-state index in [1.54, 1.807) is 17.5 Å². The molecule has 0 saturated heterocycles. The van der Waals surface area contributed by atoms with Crippen LogP contribution < -0.4 is 15.4 Å². The van der Waals surface area contributed by atoms with Gasteiger partial charge >= 0.3 is 0 Å². The number of nitrogens with zero attached hydrogens (tertiary/aromatic N) is 3. The fourth-order valence-corrected chi connectivity index (χ4v) is 3.65. The number of rotatable bonds is 8. The molecule has 0 fully saturated rings. The summed E-state index contributed by atoms with van der Waals surface area (Å²) in [6.45, 7) is 8.68. The average molecular weight is 537 g/mol. The minimum Gasteiger partial charge on any atom is -0.473 e. The van der Waals surface area contributed by atoms with Crippen LogP contribution in [-0.2, 0) is 19.7 Å². The Morgan fingerprint density at radius 3 is 2.60 bits per heavy atom. The van der Waals surface area contributed by atoms with Gasteiger partial charge in [-0.25, -0.2) is 15.0 Å². The Labute approximate surface area is 199 Å². The lowest BCUT2D eigenvalue weighted by Crippen LogP contribution is -2.36. The Morgan fingerprint density at radius 2 is 1.90 bits per heavy atom. The molecule has 0 spiro atoms. The summed E-state index contributed by atoms with van der Waals surface area (Å²) in [5, 5.41) is 7.76. The lowest BCUT2D eigenvalue weighted by molar-refractivity contribution is 0.293. The van der Waals surface area contributed by atoms with Gasteiger partial charge in [0.2, 0.25) is 5.88 Å². The number of nitrogens with one attached hydrogen (secondary N) is 2. The van der Waals surface area contributed by atoms with Crippen molar-refractivity contribution in [3.05, 3.63) is 75.4 Å². The molecule has 0 radical (unpaired) electrons. The molecule has 0 atom stereocenters. The molecular formula is C22H28IN5OS. The number of halogens is 1. The molecule has 0 amide bonds. The standard InChI is InChI=1S/C22H27N5OS.HI/c1-4-23-22(26-14-20-16(2)27-17(3)29-20)25-13-19-10-11-24-21(12-19)28-15-18-8-6-5-7-9-18;/h5-12H,4,13-15H2,1-3H3,(H2,23,25,26);1H. The van der Waals surface area contributed by atoms with E-state index < -0.39 is 0 Å². The molecule has 2 aromatic heterocycles. The van der Waals surface area contributed by atoms with Gasteiger partial charge in [-0.05, 0) is 38.0 Å². The highest BCUT2D eigenvalue weighted by Gasteiger charge is 2.06. The molecule has 0 aliphatic heterocycles. The molecular weight excluding hydrogens is 509 g/mol. The highest BCUT2D eigenvalue weighted by molar-refractivity contribution is 14.0. The summed E-state index contributed by atoms with van der Waals surface area (Å²) in [5.41, 5.74) is 3.24. The maximum atomic E-state index is 5.81. The molecule has 0 aliphatic carbocycles. The fraction of sp³-hybridized carbons (Fsp3) is 0.318. The quantitative estimate of drug-likeness (QED) is 0.250. The first-order chi connectivity index (χ1) is 14.1. The largest absolute Gasteiger partial charge is 0.473 e. The van der Waals surface area contributed by atoms with Crippen LogP contribution in [0.25, 0.3) is 0 Å². The second kappa shape index (κ2) is 12.5. The Hall–Kier alpha value is -2.20. The van der Waals surface area contributed by atoms with Crippen LogP contribution in [0.4, 0.5) is 0 Å². The van der Waals surface area contributed by atoms with Gasteiger partial charge in [-0.2, -0.15) is 0 Å². The SMILES string of the molecule is CCNC(=NCc1ccnc(OCc2ccccc2)c1)NCc1sc(C)nc1C.I. The number of ether oxygens (including phenoxy) is 1. The Balaban J connectivity index is 0.00000320. The number of hydrogen-bond acceptors (Lipinski definition) is 5. The summed E-state index contributed by atoms with van der Waals surface area (Å²) in [5.74, 6) is 1.39. The molecule has 8 heteroatoms. The first kappa shape index (κ1) is 24.1. The van der Waals surface area contributed by atoms with E-state index in [-0.39, 0.29) is 24.0 Å². The highest BCUT2D eigenvalue weighted by atomic mass is 127. The van der Waals surface area contributed by atoms with E-state index in [1.165, 1.54) is 4.88 Å². The monoisotopic (exact) mass is 537 g/mol. The smallest absolute Gasteiger partial charge is 0.213 e. The molecule has 2 N–H and O–H groups in total. The number of pyridine rings is 1. The Kier molecular flexibility index (Phi) is 10.0. The van der Waals surface area contributed by atoms with E-state index in [0.29, 0.717) is 25.6 Å². The highest BCUT2D eigenvalue weighted by Crippen LogP contribution is 2.16. The number of aromatic nitrogens is 2. The summed E-state index contributed by atoms with van der Waals surface area (Å²) in [6, 6.07) is 14.0. The first-order valence-electron chi connectivity index (χ1n) is 9.70. The third-order valence-corrected chi connectivity index (χ3v) is 5.28. The summed E-state index contributed by atoms with van der Waals surface area (Å²) in [6.07, 6.45) is 1.76. The average Bonchev–Trinajstić information content (AvgIpc) is 3.06. The zero-order chi connectivity index (χ0) is 20.5. The minimum atomic E-state index is 0. The molecule has 0 saturated carbocycles. The van der Waals surface area contributed by atoms with Gasteiger partial charge in [-0.15, -0.1) is 35.3 Å². The lowest BCUT2D eigenvalue weighted by Gasteiger charge is -2.11. The molecule has 0 aliphatic rings. The number of hydrogen-bond donors (Lipinski definition) is 2. The van der Waals surface area contributed by atoms with Crippen molar-refractivity contribution in [2.45, 2.75) is 40.5 Å². The van der Waals surface area contributed by atoms with E-state index in [4.69, 9.17) is 4.74 Å². The summed E-state index contributed by atoms with van der Waals surface area (Å²) >= 11 is 1.71. The van der Waals surface area contributed by atoms with Crippen LogP contribution in [0.1, 0.15) is 33.6 Å². The number of thiazole rings is 1. The number of aliphatic imine (C=N–C) groups is 1. The third kappa shape index (κ3) is 7.56. The zero-order valence-electron chi connectivity index (χ0n) is 17.5. The van der Waals surface area contributed by atoms with Crippen LogP contribution in [-0.4, -0.2) is 22.5 Å². The number of guanidine groups is 1. The van der Waals surface area contributed by atoms with E-state index in [2.05, 4.69) is 32.5 Å². The van der Waals surface area contributed by atoms with Crippen molar-refractivity contribution >= 4 is 41.3 Å². The summed E-state index contributed by atoms with van der Waals surface area (Å²) in [4.78, 5) is 14.7. The van der Waals surface area contributed by atoms with E-state index >= 15 is 0 Å². The normalized spacial score (nSPS) is 11.0. The van der Waals surface area contributed by atoms with Crippen molar-refractivity contribution in [1.29, 1.82) is 0 Å². The van der Waals surface area contributed by atoms with Crippen molar-refractivity contribution in [1.82, 2.24) is 20.6 Å². The molecule has 2 heterocycles. The maximum absolute atomic E-state index is 5.81. The van der Waals surface area contributed by atoms with Gasteiger partial charge in [0, 0.05) is 23.7 Å². The molecule has 3 aromatic rings. The molecule has 3 rings (SSSR count). The van der Waals surface area contributed by atoms with E-state index in [1.807, 2.05) is 56.3 Å². The van der Waals surface area contributed by atoms with Crippen LogP contribution in [0.2, 0.25) is 0 Å². The Morgan fingerprint density at radius 1 is 1.10 bits per heavy atom. The van der Waals surface area contributed by atoms with Crippen molar-refractivity contribution in [3.8, 4) is 5.88 Å². The van der Waals surface area contributed by atoms with Gasteiger partial charge in [0.25, 0.3) is 0 Å². The predicted molar refractivity (Wildman–Crippen MR) is 134 cm³/mol. The molecule has 6 nitrogen and oxygen atoms in total. The molecule has 1 aromatic carbocycles. The fourth-order valence-electron chi connectivity index (χ4n) is 2.77. The first-order valence-corrected chi connectivity index (χ1v) is 10.5. The maximum Gasteiger partial charge on any atom is 0.213 e. The van der Waals surface area contributed by atoms with E-state index in [0.717, 1.165) is 34.3 Å². The number of aryl methyl sites for hydroxylation is 2. The van der Waals surface area contributed by atoms with Gasteiger partial charge in [0.15, 0.2) is 5.96 Å².